The first-order valence-electron chi connectivity index (χ1n) is 6.77. The van der Waals surface area contributed by atoms with Crippen LogP contribution in [0.3, 0.4) is 0 Å². The standard InChI is InChI=1S/C13H19N5O/c1-3-4-13(5-6-14-8-13)12-16-11(17-19-12)10-7-15-9-18(10)2/h7,9,14H,3-6,8H2,1-2H3. The lowest BCUT2D eigenvalue weighted by Gasteiger charge is -2.22. The molecule has 19 heavy (non-hydrogen) atoms. The number of hydrogen-bond donors (Lipinski definition) is 1. The number of imidazole rings is 1. The van der Waals surface area contributed by atoms with Gasteiger partial charge in [0.2, 0.25) is 11.7 Å². The average molecular weight is 261 g/mol. The van der Waals surface area contributed by atoms with Crippen molar-refractivity contribution in [1.82, 2.24) is 25.0 Å². The molecule has 3 heterocycles. The Morgan fingerprint density at radius 1 is 1.53 bits per heavy atom. The molecule has 0 radical (unpaired) electrons. The van der Waals surface area contributed by atoms with E-state index >= 15 is 0 Å². The van der Waals surface area contributed by atoms with Crippen LogP contribution in [0.5, 0.6) is 0 Å². The summed E-state index contributed by atoms with van der Waals surface area (Å²) in [5.41, 5.74) is 0.895. The number of aromatic nitrogens is 4. The highest BCUT2D eigenvalue weighted by Gasteiger charge is 2.40. The van der Waals surface area contributed by atoms with Crippen LogP contribution in [0.15, 0.2) is 17.0 Å². The van der Waals surface area contributed by atoms with E-state index in [2.05, 4.69) is 27.4 Å². The summed E-state index contributed by atoms with van der Waals surface area (Å²) in [6.45, 7) is 4.13. The highest BCUT2D eigenvalue weighted by atomic mass is 16.5. The van der Waals surface area contributed by atoms with Crippen LogP contribution < -0.4 is 5.32 Å². The van der Waals surface area contributed by atoms with Gasteiger partial charge in [0.25, 0.3) is 0 Å². The molecule has 6 heteroatoms. The molecule has 0 saturated carbocycles. The molecule has 1 aliphatic heterocycles. The molecule has 2 aromatic rings. The van der Waals surface area contributed by atoms with Gasteiger partial charge in [0.05, 0.1) is 17.9 Å². The second kappa shape index (κ2) is 4.77. The van der Waals surface area contributed by atoms with Crippen LogP contribution >= 0.6 is 0 Å². The summed E-state index contributed by atoms with van der Waals surface area (Å²) in [6.07, 6.45) is 6.75. The van der Waals surface area contributed by atoms with Crippen molar-refractivity contribution in [2.45, 2.75) is 31.6 Å². The predicted molar refractivity (Wildman–Crippen MR) is 70.6 cm³/mol. The lowest BCUT2D eigenvalue weighted by Crippen LogP contribution is -2.29. The van der Waals surface area contributed by atoms with Crippen LogP contribution in [-0.2, 0) is 12.5 Å². The van der Waals surface area contributed by atoms with E-state index in [1.165, 1.54) is 0 Å². The zero-order chi connectivity index (χ0) is 13.3. The van der Waals surface area contributed by atoms with Gasteiger partial charge < -0.3 is 14.4 Å². The number of hydrogen-bond acceptors (Lipinski definition) is 5. The summed E-state index contributed by atoms with van der Waals surface area (Å²) in [7, 11) is 1.93. The Bertz CT molecular complexity index is 553. The Balaban J connectivity index is 1.94. The smallest absolute Gasteiger partial charge is 0.234 e. The molecule has 2 aromatic heterocycles. The van der Waals surface area contributed by atoms with Gasteiger partial charge in [0, 0.05) is 13.6 Å². The maximum atomic E-state index is 5.54. The van der Waals surface area contributed by atoms with Crippen LogP contribution in [0.2, 0.25) is 0 Å². The largest absolute Gasteiger partial charge is 0.338 e. The molecular formula is C13H19N5O. The molecule has 1 N–H and O–H groups in total. The van der Waals surface area contributed by atoms with Gasteiger partial charge in [-0.05, 0) is 19.4 Å². The minimum Gasteiger partial charge on any atom is -0.338 e. The van der Waals surface area contributed by atoms with E-state index in [0.29, 0.717) is 5.82 Å². The van der Waals surface area contributed by atoms with E-state index in [1.807, 2.05) is 11.6 Å². The molecular weight excluding hydrogens is 242 g/mol. The van der Waals surface area contributed by atoms with Gasteiger partial charge in [0.1, 0.15) is 5.69 Å². The summed E-state index contributed by atoms with van der Waals surface area (Å²) >= 11 is 0. The fraction of sp³-hybridized carbons (Fsp3) is 0.615. The molecule has 6 nitrogen and oxygen atoms in total. The van der Waals surface area contributed by atoms with E-state index < -0.39 is 0 Å². The van der Waals surface area contributed by atoms with Gasteiger partial charge in [-0.2, -0.15) is 4.98 Å². The average Bonchev–Trinajstić information content (AvgIpc) is 3.08. The summed E-state index contributed by atoms with van der Waals surface area (Å²) in [6, 6.07) is 0. The van der Waals surface area contributed by atoms with E-state index in [-0.39, 0.29) is 5.41 Å². The first-order valence-corrected chi connectivity index (χ1v) is 6.77. The van der Waals surface area contributed by atoms with Crippen molar-refractivity contribution in [3.05, 3.63) is 18.4 Å². The lowest BCUT2D eigenvalue weighted by atomic mass is 9.82. The van der Waals surface area contributed by atoms with E-state index in [1.54, 1.807) is 12.5 Å². The zero-order valence-electron chi connectivity index (χ0n) is 11.4. The van der Waals surface area contributed by atoms with Gasteiger partial charge in [-0.25, -0.2) is 4.98 Å². The highest BCUT2D eigenvalue weighted by molar-refractivity contribution is 5.47. The van der Waals surface area contributed by atoms with Gasteiger partial charge in [-0.3, -0.25) is 0 Å². The third-order valence-electron chi connectivity index (χ3n) is 3.90. The topological polar surface area (TPSA) is 68.8 Å². The number of aryl methyl sites for hydroxylation is 1. The Morgan fingerprint density at radius 2 is 2.42 bits per heavy atom. The molecule has 3 rings (SSSR count). The molecule has 0 amide bonds. The number of nitrogens with one attached hydrogen (secondary N) is 1. The van der Waals surface area contributed by atoms with Crippen molar-refractivity contribution in [1.29, 1.82) is 0 Å². The first kappa shape index (κ1) is 12.3. The van der Waals surface area contributed by atoms with Crippen LogP contribution in [0.4, 0.5) is 0 Å². The molecule has 1 fully saturated rings. The van der Waals surface area contributed by atoms with Gasteiger partial charge in [-0.1, -0.05) is 18.5 Å². The molecule has 0 aromatic carbocycles. The third-order valence-corrected chi connectivity index (χ3v) is 3.90. The second-order valence-electron chi connectivity index (χ2n) is 5.27. The lowest BCUT2D eigenvalue weighted by molar-refractivity contribution is 0.277. The quantitative estimate of drug-likeness (QED) is 0.903. The maximum absolute atomic E-state index is 5.54. The SMILES string of the molecule is CCCC1(c2nc(-c3cncn3C)no2)CCNC1. The number of rotatable bonds is 4. The monoisotopic (exact) mass is 261 g/mol. The molecule has 0 bridgehead atoms. The van der Waals surface area contributed by atoms with Crippen LogP contribution in [0.25, 0.3) is 11.5 Å². The first-order chi connectivity index (χ1) is 9.25. The van der Waals surface area contributed by atoms with Crippen molar-refractivity contribution in [3.8, 4) is 11.5 Å². The van der Waals surface area contributed by atoms with Crippen molar-refractivity contribution in [2.75, 3.05) is 13.1 Å². The summed E-state index contributed by atoms with van der Waals surface area (Å²) in [4.78, 5) is 8.70. The van der Waals surface area contributed by atoms with Crippen LogP contribution in [0.1, 0.15) is 32.1 Å². The van der Waals surface area contributed by atoms with Gasteiger partial charge in [-0.15, -0.1) is 0 Å². The molecule has 1 atom stereocenters. The minimum atomic E-state index is 0.0125. The second-order valence-corrected chi connectivity index (χ2v) is 5.27. The fourth-order valence-electron chi connectivity index (χ4n) is 2.84. The van der Waals surface area contributed by atoms with Crippen LogP contribution in [-0.4, -0.2) is 32.8 Å². The van der Waals surface area contributed by atoms with E-state index in [4.69, 9.17) is 4.52 Å². The summed E-state index contributed by atoms with van der Waals surface area (Å²) < 4.78 is 7.44. The maximum Gasteiger partial charge on any atom is 0.234 e. The Kier molecular flexibility index (Phi) is 3.10. The van der Waals surface area contributed by atoms with E-state index in [9.17, 15) is 0 Å². The van der Waals surface area contributed by atoms with Crippen LogP contribution in [0, 0.1) is 0 Å². The van der Waals surface area contributed by atoms with Crippen molar-refractivity contribution < 1.29 is 4.52 Å². The number of nitrogens with zero attached hydrogens (tertiary/aromatic N) is 4. The summed E-state index contributed by atoms with van der Waals surface area (Å²) in [5, 5.41) is 7.52. The summed E-state index contributed by atoms with van der Waals surface area (Å²) in [5.74, 6) is 1.38. The van der Waals surface area contributed by atoms with Crippen molar-refractivity contribution >= 4 is 0 Å². The molecule has 1 aliphatic rings. The van der Waals surface area contributed by atoms with Crippen molar-refractivity contribution in [3.63, 3.8) is 0 Å². The minimum absolute atomic E-state index is 0.0125. The molecule has 1 unspecified atom stereocenters. The molecule has 1 saturated heterocycles. The normalized spacial score (nSPS) is 23.1. The third kappa shape index (κ3) is 2.06. The Morgan fingerprint density at radius 3 is 3.05 bits per heavy atom. The molecule has 102 valence electrons. The highest BCUT2D eigenvalue weighted by Crippen LogP contribution is 2.35. The predicted octanol–water partition coefficient (Wildman–Crippen LogP) is 1.50. The van der Waals surface area contributed by atoms with Crippen molar-refractivity contribution in [2.24, 2.45) is 7.05 Å². The Labute approximate surface area is 112 Å². The molecule has 0 aliphatic carbocycles. The van der Waals surface area contributed by atoms with E-state index in [0.717, 1.165) is 43.9 Å². The molecule has 0 spiro atoms. The fourth-order valence-corrected chi connectivity index (χ4v) is 2.84. The Hall–Kier alpha value is -1.69. The van der Waals surface area contributed by atoms with Gasteiger partial charge in [0.15, 0.2) is 0 Å². The zero-order valence-corrected chi connectivity index (χ0v) is 11.4. The van der Waals surface area contributed by atoms with Gasteiger partial charge >= 0.3 is 0 Å².